The van der Waals surface area contributed by atoms with E-state index in [0.717, 1.165) is 17.7 Å². The Hall–Kier alpha value is -1.55. The first-order chi connectivity index (χ1) is 8.58. The number of carboxylic acid groups (broad SMARTS) is 1. The lowest BCUT2D eigenvalue weighted by molar-refractivity contribution is -0.141. The van der Waals surface area contributed by atoms with Crippen LogP contribution in [0.2, 0.25) is 0 Å². The Balaban J connectivity index is 2.63. The molecule has 0 aliphatic heterocycles. The highest BCUT2D eigenvalue weighted by Gasteiger charge is 2.19. The quantitative estimate of drug-likeness (QED) is 0.776. The van der Waals surface area contributed by atoms with Gasteiger partial charge < -0.3 is 15.6 Å². The fourth-order valence-corrected chi connectivity index (χ4v) is 2.11. The second-order valence-electron chi connectivity index (χ2n) is 4.63. The van der Waals surface area contributed by atoms with Crippen molar-refractivity contribution in [1.82, 2.24) is 0 Å². The number of methoxy groups -OCH3 is 1. The molecule has 0 fully saturated rings. The smallest absolute Gasteiger partial charge is 0.307 e. The summed E-state index contributed by atoms with van der Waals surface area (Å²) in [6.07, 6.45) is 1.39. The SMILES string of the molecule is COc1ccccc1CC(C)CC(CN)C(=O)O. The van der Waals surface area contributed by atoms with Crippen LogP contribution in [-0.2, 0) is 11.2 Å². The summed E-state index contributed by atoms with van der Waals surface area (Å²) in [5, 5.41) is 8.98. The monoisotopic (exact) mass is 251 g/mol. The van der Waals surface area contributed by atoms with E-state index in [9.17, 15) is 4.79 Å². The average molecular weight is 251 g/mol. The van der Waals surface area contributed by atoms with Gasteiger partial charge in [-0.3, -0.25) is 4.79 Å². The minimum atomic E-state index is -0.815. The number of hydrogen-bond donors (Lipinski definition) is 2. The first-order valence-corrected chi connectivity index (χ1v) is 6.13. The van der Waals surface area contributed by atoms with Crippen molar-refractivity contribution in [1.29, 1.82) is 0 Å². The third-order valence-electron chi connectivity index (χ3n) is 3.08. The van der Waals surface area contributed by atoms with E-state index in [1.54, 1.807) is 7.11 Å². The zero-order valence-electron chi connectivity index (χ0n) is 10.9. The van der Waals surface area contributed by atoms with Crippen molar-refractivity contribution >= 4 is 5.97 Å². The molecule has 1 rings (SSSR count). The van der Waals surface area contributed by atoms with E-state index in [2.05, 4.69) is 0 Å². The number of carboxylic acids is 1. The molecule has 4 nitrogen and oxygen atoms in total. The van der Waals surface area contributed by atoms with Gasteiger partial charge in [0.15, 0.2) is 0 Å². The summed E-state index contributed by atoms with van der Waals surface area (Å²) in [7, 11) is 1.64. The number of nitrogens with two attached hydrogens (primary N) is 1. The minimum Gasteiger partial charge on any atom is -0.496 e. The summed E-state index contributed by atoms with van der Waals surface area (Å²) in [4.78, 5) is 10.9. The van der Waals surface area contributed by atoms with E-state index in [1.807, 2.05) is 31.2 Å². The first kappa shape index (κ1) is 14.5. The van der Waals surface area contributed by atoms with Crippen LogP contribution in [0.1, 0.15) is 18.9 Å². The zero-order chi connectivity index (χ0) is 13.5. The van der Waals surface area contributed by atoms with E-state index in [4.69, 9.17) is 15.6 Å². The number of carbonyl (C=O) groups is 1. The van der Waals surface area contributed by atoms with E-state index in [0.29, 0.717) is 6.42 Å². The summed E-state index contributed by atoms with van der Waals surface area (Å²) in [6.45, 7) is 2.23. The molecule has 0 aliphatic carbocycles. The second-order valence-corrected chi connectivity index (χ2v) is 4.63. The van der Waals surface area contributed by atoms with Gasteiger partial charge >= 0.3 is 5.97 Å². The first-order valence-electron chi connectivity index (χ1n) is 6.13. The predicted molar refractivity (Wildman–Crippen MR) is 70.7 cm³/mol. The fourth-order valence-electron chi connectivity index (χ4n) is 2.11. The number of ether oxygens (including phenoxy) is 1. The van der Waals surface area contributed by atoms with Gasteiger partial charge in [0.1, 0.15) is 5.75 Å². The molecule has 2 atom stereocenters. The summed E-state index contributed by atoms with van der Waals surface area (Å²) >= 11 is 0. The summed E-state index contributed by atoms with van der Waals surface area (Å²) in [5.41, 5.74) is 6.57. The van der Waals surface area contributed by atoms with Crippen molar-refractivity contribution in [2.24, 2.45) is 17.6 Å². The molecule has 0 saturated heterocycles. The number of aliphatic carboxylic acids is 1. The Morgan fingerprint density at radius 3 is 2.67 bits per heavy atom. The topological polar surface area (TPSA) is 72.5 Å². The van der Waals surface area contributed by atoms with Gasteiger partial charge in [0.2, 0.25) is 0 Å². The van der Waals surface area contributed by atoms with Crippen LogP contribution in [0.3, 0.4) is 0 Å². The Bertz CT molecular complexity index is 392. The van der Waals surface area contributed by atoms with Gasteiger partial charge in [-0.2, -0.15) is 0 Å². The maximum absolute atomic E-state index is 10.9. The third kappa shape index (κ3) is 4.04. The van der Waals surface area contributed by atoms with Crippen LogP contribution >= 0.6 is 0 Å². The summed E-state index contributed by atoms with van der Waals surface area (Å²) in [5.74, 6) is -0.172. The average Bonchev–Trinajstić information content (AvgIpc) is 2.36. The molecule has 0 spiro atoms. The van der Waals surface area contributed by atoms with E-state index in [-0.39, 0.29) is 12.5 Å². The highest BCUT2D eigenvalue weighted by Crippen LogP contribution is 2.23. The van der Waals surface area contributed by atoms with Gasteiger partial charge in [-0.15, -0.1) is 0 Å². The van der Waals surface area contributed by atoms with Gasteiger partial charge in [0.25, 0.3) is 0 Å². The molecule has 1 aromatic carbocycles. The van der Waals surface area contributed by atoms with Crippen LogP contribution in [0.4, 0.5) is 0 Å². The van der Waals surface area contributed by atoms with Crippen molar-refractivity contribution < 1.29 is 14.6 Å². The molecule has 0 bridgehead atoms. The molecule has 3 N–H and O–H groups in total. The molecule has 100 valence electrons. The fraction of sp³-hybridized carbons (Fsp3) is 0.500. The lowest BCUT2D eigenvalue weighted by Crippen LogP contribution is -2.25. The van der Waals surface area contributed by atoms with Crippen LogP contribution in [0.25, 0.3) is 0 Å². The van der Waals surface area contributed by atoms with Crippen LogP contribution in [0.15, 0.2) is 24.3 Å². The molecule has 1 aromatic rings. The predicted octanol–water partition coefficient (Wildman–Crippen LogP) is 1.92. The Morgan fingerprint density at radius 1 is 1.44 bits per heavy atom. The molecule has 4 heteroatoms. The zero-order valence-corrected chi connectivity index (χ0v) is 10.9. The number of rotatable bonds is 7. The van der Waals surface area contributed by atoms with Crippen molar-refractivity contribution in [3.05, 3.63) is 29.8 Å². The molecule has 18 heavy (non-hydrogen) atoms. The summed E-state index contributed by atoms with van der Waals surface area (Å²) < 4.78 is 5.28. The van der Waals surface area contributed by atoms with Gasteiger partial charge in [0.05, 0.1) is 13.0 Å². The van der Waals surface area contributed by atoms with Crippen molar-refractivity contribution in [2.75, 3.05) is 13.7 Å². The van der Waals surface area contributed by atoms with Crippen LogP contribution in [-0.4, -0.2) is 24.7 Å². The molecule has 2 unspecified atom stereocenters. The molecule has 0 radical (unpaired) electrons. The highest BCUT2D eigenvalue weighted by molar-refractivity contribution is 5.70. The molecule has 0 heterocycles. The normalized spacial score (nSPS) is 13.9. The van der Waals surface area contributed by atoms with Gasteiger partial charge in [-0.1, -0.05) is 25.1 Å². The summed E-state index contributed by atoms with van der Waals surface area (Å²) in [6, 6.07) is 7.81. The second kappa shape index (κ2) is 7.01. The van der Waals surface area contributed by atoms with Gasteiger partial charge in [-0.25, -0.2) is 0 Å². The Kier molecular flexibility index (Phi) is 5.65. The minimum absolute atomic E-state index is 0.186. The van der Waals surface area contributed by atoms with Crippen molar-refractivity contribution in [3.63, 3.8) is 0 Å². The number of para-hydroxylation sites is 1. The maximum Gasteiger partial charge on any atom is 0.307 e. The number of hydrogen-bond acceptors (Lipinski definition) is 3. The molecule has 0 amide bonds. The van der Waals surface area contributed by atoms with Crippen LogP contribution in [0.5, 0.6) is 5.75 Å². The lowest BCUT2D eigenvalue weighted by Gasteiger charge is -2.17. The largest absolute Gasteiger partial charge is 0.496 e. The Labute approximate surface area is 108 Å². The van der Waals surface area contributed by atoms with E-state index in [1.165, 1.54) is 0 Å². The van der Waals surface area contributed by atoms with Crippen LogP contribution in [0, 0.1) is 11.8 Å². The van der Waals surface area contributed by atoms with Gasteiger partial charge in [-0.05, 0) is 30.4 Å². The molecular weight excluding hydrogens is 230 g/mol. The molecule has 0 aliphatic rings. The van der Waals surface area contributed by atoms with Crippen LogP contribution < -0.4 is 10.5 Å². The van der Waals surface area contributed by atoms with E-state index < -0.39 is 11.9 Å². The number of benzene rings is 1. The Morgan fingerprint density at radius 2 is 2.11 bits per heavy atom. The van der Waals surface area contributed by atoms with Crippen molar-refractivity contribution in [3.8, 4) is 5.75 Å². The van der Waals surface area contributed by atoms with Crippen molar-refractivity contribution in [2.45, 2.75) is 19.8 Å². The molecule has 0 aromatic heterocycles. The highest BCUT2D eigenvalue weighted by atomic mass is 16.5. The maximum atomic E-state index is 10.9. The molecule has 0 saturated carbocycles. The standard InChI is InChI=1S/C14H21NO3/c1-10(8-12(9-15)14(16)17)7-11-5-3-4-6-13(11)18-2/h3-6,10,12H,7-9,15H2,1-2H3,(H,16,17). The van der Waals surface area contributed by atoms with E-state index >= 15 is 0 Å². The third-order valence-corrected chi connectivity index (χ3v) is 3.08. The lowest BCUT2D eigenvalue weighted by atomic mass is 9.90. The molecular formula is C14H21NO3. The van der Waals surface area contributed by atoms with Gasteiger partial charge in [0, 0.05) is 6.54 Å².